The molecule has 0 aromatic carbocycles. The molecule has 0 spiro atoms. The lowest BCUT2D eigenvalue weighted by molar-refractivity contribution is -0.141. The standard InChI is InChI=1S/C9H17NO3/c1-13-9(12)7-10-5-2-3-8(11)4-6-10/h8,11H,2-7H2,1H3. The zero-order chi connectivity index (χ0) is 9.68. The van der Waals surface area contributed by atoms with E-state index in [1.807, 2.05) is 4.90 Å². The van der Waals surface area contributed by atoms with Gasteiger partial charge in [-0.05, 0) is 25.8 Å². The molecular weight excluding hydrogens is 170 g/mol. The van der Waals surface area contributed by atoms with Crippen LogP contribution in [0.4, 0.5) is 0 Å². The van der Waals surface area contributed by atoms with E-state index in [2.05, 4.69) is 4.74 Å². The first-order valence-electron chi connectivity index (χ1n) is 4.69. The van der Waals surface area contributed by atoms with Crippen molar-refractivity contribution in [2.75, 3.05) is 26.7 Å². The average Bonchev–Trinajstić information content (AvgIpc) is 2.31. The summed E-state index contributed by atoms with van der Waals surface area (Å²) in [5.74, 6) is -0.198. The molecule has 0 aromatic heterocycles. The Labute approximate surface area is 78.5 Å². The number of carbonyl (C=O) groups excluding carboxylic acids is 1. The van der Waals surface area contributed by atoms with E-state index in [9.17, 15) is 9.90 Å². The minimum Gasteiger partial charge on any atom is -0.468 e. The lowest BCUT2D eigenvalue weighted by atomic mass is 10.2. The molecule has 13 heavy (non-hydrogen) atoms. The largest absolute Gasteiger partial charge is 0.468 e. The summed E-state index contributed by atoms with van der Waals surface area (Å²) in [6.45, 7) is 2.02. The summed E-state index contributed by atoms with van der Waals surface area (Å²) in [5, 5.41) is 9.36. The summed E-state index contributed by atoms with van der Waals surface area (Å²) in [4.78, 5) is 13.0. The first kappa shape index (κ1) is 10.5. The zero-order valence-electron chi connectivity index (χ0n) is 8.03. The number of nitrogens with zero attached hydrogens (tertiary/aromatic N) is 1. The minimum absolute atomic E-state index is 0.192. The molecule has 1 unspecified atom stereocenters. The fourth-order valence-corrected chi connectivity index (χ4v) is 1.54. The summed E-state index contributed by atoms with van der Waals surface area (Å²) in [5.41, 5.74) is 0. The molecule has 1 N–H and O–H groups in total. The van der Waals surface area contributed by atoms with Crippen LogP contribution < -0.4 is 0 Å². The van der Waals surface area contributed by atoms with E-state index in [-0.39, 0.29) is 12.1 Å². The molecule has 1 fully saturated rings. The van der Waals surface area contributed by atoms with Gasteiger partial charge in [-0.3, -0.25) is 9.69 Å². The fourth-order valence-electron chi connectivity index (χ4n) is 1.54. The number of methoxy groups -OCH3 is 1. The Kier molecular flexibility index (Phi) is 4.18. The van der Waals surface area contributed by atoms with E-state index in [1.165, 1.54) is 7.11 Å². The molecule has 4 nitrogen and oxygen atoms in total. The molecule has 1 atom stereocenters. The zero-order valence-corrected chi connectivity index (χ0v) is 8.03. The maximum absolute atomic E-state index is 10.9. The molecular formula is C9H17NO3. The van der Waals surface area contributed by atoms with Crippen molar-refractivity contribution >= 4 is 5.97 Å². The third kappa shape index (κ3) is 3.74. The first-order chi connectivity index (χ1) is 6.22. The molecule has 1 aliphatic heterocycles. The van der Waals surface area contributed by atoms with Crippen molar-refractivity contribution in [1.29, 1.82) is 0 Å². The van der Waals surface area contributed by atoms with Crippen LogP contribution in [0.5, 0.6) is 0 Å². The Balaban J connectivity index is 2.29. The van der Waals surface area contributed by atoms with Crippen molar-refractivity contribution in [3.05, 3.63) is 0 Å². The minimum atomic E-state index is -0.198. The monoisotopic (exact) mass is 187 g/mol. The molecule has 1 saturated heterocycles. The number of carbonyl (C=O) groups is 1. The highest BCUT2D eigenvalue weighted by Crippen LogP contribution is 2.10. The number of aliphatic hydroxyl groups excluding tert-OH is 1. The van der Waals surface area contributed by atoms with Crippen molar-refractivity contribution in [3.63, 3.8) is 0 Å². The average molecular weight is 187 g/mol. The normalized spacial score (nSPS) is 25.2. The lowest BCUT2D eigenvalue weighted by Crippen LogP contribution is -2.31. The Morgan fingerprint density at radius 1 is 1.54 bits per heavy atom. The van der Waals surface area contributed by atoms with Crippen LogP contribution >= 0.6 is 0 Å². The molecule has 1 heterocycles. The molecule has 1 aliphatic rings. The van der Waals surface area contributed by atoms with Crippen molar-refractivity contribution in [2.24, 2.45) is 0 Å². The number of rotatable bonds is 2. The smallest absolute Gasteiger partial charge is 0.319 e. The number of aliphatic hydroxyl groups is 1. The number of hydrogen-bond donors (Lipinski definition) is 1. The van der Waals surface area contributed by atoms with Crippen LogP contribution in [0, 0.1) is 0 Å². The van der Waals surface area contributed by atoms with Gasteiger partial charge in [-0.25, -0.2) is 0 Å². The third-order valence-corrected chi connectivity index (χ3v) is 2.37. The van der Waals surface area contributed by atoms with Gasteiger partial charge in [-0.1, -0.05) is 0 Å². The quantitative estimate of drug-likeness (QED) is 0.618. The van der Waals surface area contributed by atoms with E-state index >= 15 is 0 Å². The van der Waals surface area contributed by atoms with Crippen molar-refractivity contribution in [3.8, 4) is 0 Å². The first-order valence-corrected chi connectivity index (χ1v) is 4.69. The van der Waals surface area contributed by atoms with Crippen LogP contribution in [-0.4, -0.2) is 48.8 Å². The number of likely N-dealkylation sites (tertiary alicyclic amines) is 1. The van der Waals surface area contributed by atoms with Gasteiger partial charge in [0.05, 0.1) is 19.8 Å². The molecule has 0 bridgehead atoms. The highest BCUT2D eigenvalue weighted by molar-refractivity contribution is 5.71. The second kappa shape index (κ2) is 5.19. The van der Waals surface area contributed by atoms with Crippen LogP contribution in [0.3, 0.4) is 0 Å². The van der Waals surface area contributed by atoms with Gasteiger partial charge < -0.3 is 9.84 Å². The fraction of sp³-hybridized carbons (Fsp3) is 0.889. The van der Waals surface area contributed by atoms with Crippen LogP contribution in [0.2, 0.25) is 0 Å². The molecule has 76 valence electrons. The van der Waals surface area contributed by atoms with Crippen LogP contribution in [0.1, 0.15) is 19.3 Å². The maximum atomic E-state index is 10.9. The Morgan fingerprint density at radius 2 is 2.31 bits per heavy atom. The maximum Gasteiger partial charge on any atom is 0.319 e. The Hall–Kier alpha value is -0.610. The van der Waals surface area contributed by atoms with Crippen molar-refractivity contribution in [1.82, 2.24) is 4.90 Å². The van der Waals surface area contributed by atoms with E-state index in [0.717, 1.165) is 32.4 Å². The summed E-state index contributed by atoms with van der Waals surface area (Å²) >= 11 is 0. The summed E-state index contributed by atoms with van der Waals surface area (Å²) < 4.78 is 4.58. The van der Waals surface area contributed by atoms with Gasteiger partial charge in [0.1, 0.15) is 0 Å². The van der Waals surface area contributed by atoms with Gasteiger partial charge in [-0.15, -0.1) is 0 Å². The molecule has 0 saturated carbocycles. The molecule has 0 radical (unpaired) electrons. The summed E-state index contributed by atoms with van der Waals surface area (Å²) in [6, 6.07) is 0. The van der Waals surface area contributed by atoms with Gasteiger partial charge in [-0.2, -0.15) is 0 Å². The number of ether oxygens (including phenoxy) is 1. The predicted molar refractivity (Wildman–Crippen MR) is 48.3 cm³/mol. The molecule has 0 amide bonds. The van der Waals surface area contributed by atoms with Gasteiger partial charge in [0, 0.05) is 6.54 Å². The van der Waals surface area contributed by atoms with E-state index in [1.54, 1.807) is 0 Å². The molecule has 0 aliphatic carbocycles. The second-order valence-corrected chi connectivity index (χ2v) is 3.44. The third-order valence-electron chi connectivity index (χ3n) is 2.37. The number of hydrogen-bond acceptors (Lipinski definition) is 4. The van der Waals surface area contributed by atoms with Gasteiger partial charge in [0.15, 0.2) is 0 Å². The topological polar surface area (TPSA) is 49.8 Å². The van der Waals surface area contributed by atoms with Gasteiger partial charge in [0.25, 0.3) is 0 Å². The number of esters is 1. The lowest BCUT2D eigenvalue weighted by Gasteiger charge is -2.17. The Bertz CT molecular complexity index is 172. The van der Waals surface area contributed by atoms with Gasteiger partial charge >= 0.3 is 5.97 Å². The second-order valence-electron chi connectivity index (χ2n) is 3.44. The SMILES string of the molecule is COC(=O)CN1CCCC(O)CC1. The summed E-state index contributed by atoms with van der Waals surface area (Å²) in [7, 11) is 1.40. The predicted octanol–water partition coefficient (Wildman–Crippen LogP) is 0.00620. The molecule has 4 heteroatoms. The highest BCUT2D eigenvalue weighted by Gasteiger charge is 2.16. The van der Waals surface area contributed by atoms with E-state index in [4.69, 9.17) is 0 Å². The highest BCUT2D eigenvalue weighted by atomic mass is 16.5. The van der Waals surface area contributed by atoms with Crippen molar-refractivity contribution in [2.45, 2.75) is 25.4 Å². The molecule has 0 aromatic rings. The van der Waals surface area contributed by atoms with Gasteiger partial charge in [0.2, 0.25) is 0 Å². The van der Waals surface area contributed by atoms with Crippen LogP contribution in [-0.2, 0) is 9.53 Å². The van der Waals surface area contributed by atoms with E-state index in [0.29, 0.717) is 6.54 Å². The van der Waals surface area contributed by atoms with Crippen LogP contribution in [0.25, 0.3) is 0 Å². The van der Waals surface area contributed by atoms with E-state index < -0.39 is 0 Å². The van der Waals surface area contributed by atoms with Crippen molar-refractivity contribution < 1.29 is 14.6 Å². The summed E-state index contributed by atoms with van der Waals surface area (Å²) in [6.07, 6.45) is 2.37. The van der Waals surface area contributed by atoms with Crippen LogP contribution in [0.15, 0.2) is 0 Å². The molecule has 1 rings (SSSR count). The Morgan fingerprint density at radius 3 is 3.00 bits per heavy atom.